The zero-order valence-electron chi connectivity index (χ0n) is 25.6. The number of para-hydroxylation sites is 1. The van der Waals surface area contributed by atoms with E-state index in [-0.39, 0.29) is 35.0 Å². The fraction of sp³-hybridized carbons (Fsp3) is 0.467. The lowest BCUT2D eigenvalue weighted by Gasteiger charge is -2.34. The monoisotopic (exact) mass is 609 g/mol. The van der Waals surface area contributed by atoms with Crippen molar-refractivity contribution in [2.24, 2.45) is 7.05 Å². The molecule has 3 aromatic rings. The first kappa shape index (κ1) is 32.0. The summed E-state index contributed by atoms with van der Waals surface area (Å²) >= 11 is 0. The van der Waals surface area contributed by atoms with E-state index >= 15 is 0 Å². The van der Waals surface area contributed by atoms with Crippen LogP contribution in [0, 0.1) is 0 Å². The van der Waals surface area contributed by atoms with Gasteiger partial charge in [0.25, 0.3) is 5.56 Å². The molecule has 1 atom stereocenters. The van der Waals surface area contributed by atoms with Crippen molar-refractivity contribution in [3.63, 3.8) is 0 Å². The number of nitrogens with zero attached hydrogens (tertiary/aromatic N) is 5. The molecule has 1 saturated heterocycles. The summed E-state index contributed by atoms with van der Waals surface area (Å²) in [6.07, 6.45) is 4.67. The minimum Gasteiger partial charge on any atom is -0.480 e. The molecule has 44 heavy (non-hydrogen) atoms. The highest BCUT2D eigenvalue weighted by Crippen LogP contribution is 2.24. The molecule has 14 nitrogen and oxygen atoms in total. The highest BCUT2D eigenvalue weighted by atomic mass is 16.6. The van der Waals surface area contributed by atoms with Crippen LogP contribution in [0.25, 0.3) is 11.2 Å². The van der Waals surface area contributed by atoms with Crippen molar-refractivity contribution in [3.8, 4) is 0 Å². The van der Waals surface area contributed by atoms with Crippen LogP contribution in [0.1, 0.15) is 50.9 Å². The average molecular weight is 610 g/mol. The summed E-state index contributed by atoms with van der Waals surface area (Å²) in [5.74, 6) is -1.18. The van der Waals surface area contributed by atoms with E-state index in [4.69, 9.17) is 14.8 Å². The lowest BCUT2D eigenvalue weighted by Crippen LogP contribution is -2.49. The summed E-state index contributed by atoms with van der Waals surface area (Å²) in [7, 11) is 1.49. The van der Waals surface area contributed by atoms with Crippen molar-refractivity contribution in [3.05, 3.63) is 62.8 Å². The molecular formula is C30H39N7O7. The van der Waals surface area contributed by atoms with E-state index in [9.17, 15) is 24.0 Å². The van der Waals surface area contributed by atoms with Crippen LogP contribution in [0.5, 0.6) is 0 Å². The number of carbonyl (C=O) groups excluding carboxylic acids is 2. The molecule has 3 heterocycles. The van der Waals surface area contributed by atoms with Crippen molar-refractivity contribution in [1.29, 1.82) is 0 Å². The van der Waals surface area contributed by atoms with E-state index in [0.717, 1.165) is 17.4 Å². The van der Waals surface area contributed by atoms with Gasteiger partial charge in [-0.1, -0.05) is 24.3 Å². The van der Waals surface area contributed by atoms with Crippen LogP contribution in [0.2, 0.25) is 0 Å². The second-order valence-corrected chi connectivity index (χ2v) is 11.6. The maximum Gasteiger partial charge on any atom is 0.407 e. The molecule has 1 amide bonds. The molecule has 236 valence electrons. The molecule has 0 unspecified atom stereocenters. The Balaban J connectivity index is 1.72. The molecular weight excluding hydrogens is 570 g/mol. The van der Waals surface area contributed by atoms with Crippen LogP contribution in [0.4, 0.5) is 16.4 Å². The van der Waals surface area contributed by atoms with E-state index in [1.807, 2.05) is 24.0 Å². The van der Waals surface area contributed by atoms with Gasteiger partial charge in [0.2, 0.25) is 5.95 Å². The molecule has 0 saturated carbocycles. The first-order valence-corrected chi connectivity index (χ1v) is 14.4. The summed E-state index contributed by atoms with van der Waals surface area (Å²) in [6, 6.07) is 6.11. The van der Waals surface area contributed by atoms with Crippen LogP contribution < -0.4 is 26.8 Å². The molecule has 0 bridgehead atoms. The zero-order chi connectivity index (χ0) is 32.2. The predicted molar refractivity (Wildman–Crippen MR) is 166 cm³/mol. The van der Waals surface area contributed by atoms with Gasteiger partial charge < -0.3 is 29.9 Å². The molecule has 2 aromatic heterocycles. The Hall–Kier alpha value is -4.88. The highest BCUT2D eigenvalue weighted by molar-refractivity contribution is 6.01. The molecule has 0 spiro atoms. The number of ether oxygens (including phenoxy) is 1. The Bertz CT molecular complexity index is 1710. The topological polar surface area (TPSA) is 170 Å². The van der Waals surface area contributed by atoms with E-state index in [2.05, 4.69) is 10.6 Å². The van der Waals surface area contributed by atoms with Crippen LogP contribution in [-0.4, -0.2) is 72.9 Å². The van der Waals surface area contributed by atoms with E-state index in [1.54, 1.807) is 43.5 Å². The van der Waals surface area contributed by atoms with Crippen molar-refractivity contribution < 1.29 is 24.2 Å². The number of aliphatic carboxylic acids is 1. The summed E-state index contributed by atoms with van der Waals surface area (Å²) in [5, 5.41) is 14.7. The van der Waals surface area contributed by atoms with Crippen molar-refractivity contribution in [2.45, 2.75) is 65.3 Å². The average Bonchev–Trinajstić information content (AvgIpc) is 3.35. The van der Waals surface area contributed by atoms with E-state index in [1.165, 1.54) is 17.7 Å². The number of rotatable bonds is 10. The van der Waals surface area contributed by atoms with Crippen LogP contribution in [0.15, 0.2) is 46.0 Å². The normalized spacial score (nSPS) is 15.5. The van der Waals surface area contributed by atoms with Crippen molar-refractivity contribution in [1.82, 2.24) is 24.0 Å². The van der Waals surface area contributed by atoms with Gasteiger partial charge in [0.15, 0.2) is 16.9 Å². The number of hydrogen-bond acceptors (Lipinski definition) is 9. The van der Waals surface area contributed by atoms with Gasteiger partial charge in [-0.25, -0.2) is 9.59 Å². The van der Waals surface area contributed by atoms with Crippen molar-refractivity contribution in [2.75, 3.05) is 29.9 Å². The second kappa shape index (κ2) is 13.2. The number of anilines is 2. The van der Waals surface area contributed by atoms with Crippen LogP contribution in [-0.2, 0) is 29.7 Å². The maximum absolute atomic E-state index is 13.9. The van der Waals surface area contributed by atoms with Gasteiger partial charge in [0, 0.05) is 44.0 Å². The van der Waals surface area contributed by atoms with Crippen LogP contribution >= 0.6 is 0 Å². The number of imidazole rings is 1. The number of fused-ring (bicyclic) bond motifs is 1. The number of benzene rings is 1. The van der Waals surface area contributed by atoms with Crippen molar-refractivity contribution >= 4 is 40.6 Å². The molecule has 1 fully saturated rings. The van der Waals surface area contributed by atoms with Gasteiger partial charge >= 0.3 is 17.8 Å². The third kappa shape index (κ3) is 7.18. The lowest BCUT2D eigenvalue weighted by atomic mass is 10.1. The number of amides is 1. The molecule has 1 aliphatic rings. The smallest absolute Gasteiger partial charge is 0.407 e. The Kier molecular flexibility index (Phi) is 9.60. The summed E-state index contributed by atoms with van der Waals surface area (Å²) in [4.78, 5) is 70.9. The number of piperidine rings is 1. The highest BCUT2D eigenvalue weighted by Gasteiger charge is 2.29. The minimum atomic E-state index is -1.10. The van der Waals surface area contributed by atoms with E-state index < -0.39 is 47.8 Å². The summed E-state index contributed by atoms with van der Waals surface area (Å²) in [5.41, 5.74) is -1.24. The summed E-state index contributed by atoms with van der Waals surface area (Å²) in [6.45, 7) is 7.59. The number of carboxylic acids is 1. The second-order valence-electron chi connectivity index (χ2n) is 11.6. The number of carbonyl (C=O) groups is 3. The van der Waals surface area contributed by atoms with Gasteiger partial charge in [-0.3, -0.25) is 23.5 Å². The Morgan fingerprint density at radius 2 is 1.89 bits per heavy atom. The number of aryl methyl sites for hydroxylation is 1. The molecule has 3 N–H and O–H groups in total. The SMILES string of the molecule is C/C=C/Cn1c(N2CCC[C@@H](NC(=O)OC(C)(C)C)C2)nc2c1c(=O)n(CC(=O)c1ccccc1NCC(=O)O)c(=O)n2C. The number of aromatic nitrogens is 4. The third-order valence-electron chi connectivity index (χ3n) is 7.12. The standard InChI is InChI=1S/C30H39N7O7/c1-6-7-15-36-24-25(33-27(36)35-14-10-11-19(17-35)32-28(42)44-30(2,3)4)34(5)29(43)37(26(24)41)18-22(38)20-12-8-9-13-21(20)31-16-23(39)40/h6-9,12-13,19,31H,10-11,14-18H2,1-5H3,(H,32,42)(H,39,40)/b7-6+/t19-/m1/s1. The fourth-order valence-corrected chi connectivity index (χ4v) is 5.16. The van der Waals surface area contributed by atoms with Gasteiger partial charge in [-0.15, -0.1) is 0 Å². The number of allylic oxidation sites excluding steroid dienone is 2. The van der Waals surface area contributed by atoms with Gasteiger partial charge in [0.05, 0.1) is 6.54 Å². The first-order valence-electron chi connectivity index (χ1n) is 14.4. The maximum atomic E-state index is 13.9. The lowest BCUT2D eigenvalue weighted by molar-refractivity contribution is -0.134. The summed E-state index contributed by atoms with van der Waals surface area (Å²) < 4.78 is 9.26. The number of nitrogens with one attached hydrogen (secondary N) is 2. The minimum absolute atomic E-state index is 0.155. The Morgan fingerprint density at radius 1 is 1.16 bits per heavy atom. The number of Topliss-reactive ketones (excluding diaryl/α,β-unsaturated/α-hetero) is 1. The number of hydrogen-bond donors (Lipinski definition) is 3. The van der Waals surface area contributed by atoms with Gasteiger partial charge in [0.1, 0.15) is 12.1 Å². The van der Waals surface area contributed by atoms with Gasteiger partial charge in [-0.2, -0.15) is 4.98 Å². The molecule has 0 aliphatic carbocycles. The quantitative estimate of drug-likeness (QED) is 0.229. The molecule has 14 heteroatoms. The molecule has 1 aliphatic heterocycles. The predicted octanol–water partition coefficient (Wildman–Crippen LogP) is 2.35. The third-order valence-corrected chi connectivity index (χ3v) is 7.12. The van der Waals surface area contributed by atoms with Gasteiger partial charge in [-0.05, 0) is 52.7 Å². The van der Waals surface area contributed by atoms with E-state index in [0.29, 0.717) is 19.0 Å². The Labute approximate surface area is 253 Å². The molecule has 4 rings (SSSR count). The molecule has 0 radical (unpaired) electrons. The number of alkyl carbamates (subject to hydrolysis) is 1. The first-order chi connectivity index (χ1) is 20.8. The van der Waals surface area contributed by atoms with Crippen LogP contribution in [0.3, 0.4) is 0 Å². The number of ketones is 1. The Morgan fingerprint density at radius 3 is 2.57 bits per heavy atom. The zero-order valence-corrected chi connectivity index (χ0v) is 25.6. The molecule has 1 aromatic carbocycles. The fourth-order valence-electron chi connectivity index (χ4n) is 5.16. The number of carboxylic acid groups (broad SMARTS) is 1. The largest absolute Gasteiger partial charge is 0.480 e.